The summed E-state index contributed by atoms with van der Waals surface area (Å²) in [5.74, 6) is 0.0223. The van der Waals surface area contributed by atoms with Crippen molar-refractivity contribution >= 4 is 49.3 Å². The van der Waals surface area contributed by atoms with Crippen molar-refractivity contribution in [3.8, 4) is 0 Å². The van der Waals surface area contributed by atoms with Crippen LogP contribution in [0.15, 0.2) is 71.1 Å². The predicted octanol–water partition coefficient (Wildman–Crippen LogP) is 6.10. The van der Waals surface area contributed by atoms with Crippen LogP contribution in [0.1, 0.15) is 17.3 Å². The van der Waals surface area contributed by atoms with Crippen LogP contribution >= 0.6 is 0 Å². The first-order valence-corrected chi connectivity index (χ1v) is 8.01. The zero-order chi connectivity index (χ0) is 16.3. The van der Waals surface area contributed by atoms with Crippen molar-refractivity contribution in [2.24, 2.45) is 0 Å². The van der Waals surface area contributed by atoms with Crippen LogP contribution in [-0.4, -0.2) is 5.78 Å². The van der Waals surface area contributed by atoms with Crippen molar-refractivity contribution in [2.45, 2.75) is 6.92 Å². The largest absolute Gasteiger partial charge is 0.455 e. The highest BCUT2D eigenvalue weighted by atomic mass is 16.3. The first kappa shape index (κ1) is 13.3. The second-order valence-corrected chi connectivity index (χ2v) is 6.17. The monoisotopic (exact) mass is 310 g/mol. The highest BCUT2D eigenvalue weighted by molar-refractivity contribution is 6.26. The van der Waals surface area contributed by atoms with Crippen LogP contribution < -0.4 is 0 Å². The fourth-order valence-corrected chi connectivity index (χ4v) is 3.62. The van der Waals surface area contributed by atoms with Gasteiger partial charge >= 0.3 is 0 Å². The van der Waals surface area contributed by atoms with Crippen LogP contribution in [-0.2, 0) is 0 Å². The zero-order valence-corrected chi connectivity index (χ0v) is 13.2. The Morgan fingerprint density at radius 2 is 1.46 bits per heavy atom. The molecule has 2 nitrogen and oxygen atoms in total. The van der Waals surface area contributed by atoms with Gasteiger partial charge in [-0.25, -0.2) is 0 Å². The molecule has 0 aliphatic carbocycles. The van der Waals surface area contributed by atoms with Crippen LogP contribution in [0.5, 0.6) is 0 Å². The number of furan rings is 1. The molecule has 0 amide bonds. The number of ketones is 1. The number of Topliss-reactive ketones (excluding diaryl/α,β-unsaturated/α-hetero) is 1. The van der Waals surface area contributed by atoms with Gasteiger partial charge in [0.15, 0.2) is 5.78 Å². The van der Waals surface area contributed by atoms with Crippen LogP contribution in [0.3, 0.4) is 0 Å². The first-order valence-electron chi connectivity index (χ1n) is 8.01. The molecule has 5 aromatic rings. The molecule has 0 saturated heterocycles. The van der Waals surface area contributed by atoms with Crippen LogP contribution in [0.2, 0.25) is 0 Å². The van der Waals surface area contributed by atoms with E-state index in [0.29, 0.717) is 11.1 Å². The highest BCUT2D eigenvalue weighted by Crippen LogP contribution is 2.39. The number of rotatable bonds is 1. The fourth-order valence-electron chi connectivity index (χ4n) is 3.62. The number of carbonyl (C=O) groups is 1. The van der Waals surface area contributed by atoms with Crippen molar-refractivity contribution in [3.05, 3.63) is 72.3 Å². The fraction of sp³-hybridized carbons (Fsp3) is 0.0455. The van der Waals surface area contributed by atoms with Gasteiger partial charge in [-0.05, 0) is 35.2 Å². The molecular weight excluding hydrogens is 296 g/mol. The summed E-state index contributed by atoms with van der Waals surface area (Å²) in [6.45, 7) is 1.59. The summed E-state index contributed by atoms with van der Waals surface area (Å²) in [7, 11) is 0. The van der Waals surface area contributed by atoms with E-state index < -0.39 is 0 Å². The minimum Gasteiger partial charge on any atom is -0.455 e. The Kier molecular flexibility index (Phi) is 2.60. The van der Waals surface area contributed by atoms with Gasteiger partial charge in [0.1, 0.15) is 11.2 Å². The summed E-state index contributed by atoms with van der Waals surface area (Å²) in [5, 5.41) is 6.47. The molecule has 0 aliphatic heterocycles. The quantitative estimate of drug-likeness (QED) is 0.350. The third-order valence-electron chi connectivity index (χ3n) is 4.73. The Hall–Kier alpha value is -3.13. The van der Waals surface area contributed by atoms with Gasteiger partial charge in [0.2, 0.25) is 0 Å². The number of benzene rings is 4. The third kappa shape index (κ3) is 1.68. The van der Waals surface area contributed by atoms with Gasteiger partial charge in [-0.1, -0.05) is 54.6 Å². The molecule has 0 radical (unpaired) electrons. The summed E-state index contributed by atoms with van der Waals surface area (Å²) in [4.78, 5) is 12.2. The molecular formula is C22H14O2. The van der Waals surface area contributed by atoms with E-state index in [9.17, 15) is 4.79 Å². The number of carbonyl (C=O) groups excluding carboxylic acids is 1. The summed E-state index contributed by atoms with van der Waals surface area (Å²) in [6, 6.07) is 22.5. The van der Waals surface area contributed by atoms with E-state index in [1.54, 1.807) is 6.92 Å². The summed E-state index contributed by atoms with van der Waals surface area (Å²) in [6.07, 6.45) is 0. The van der Waals surface area contributed by atoms with E-state index in [1.807, 2.05) is 36.4 Å². The lowest BCUT2D eigenvalue weighted by Gasteiger charge is -2.03. The molecule has 1 heterocycles. The molecule has 24 heavy (non-hydrogen) atoms. The number of fused-ring (bicyclic) bond motifs is 7. The van der Waals surface area contributed by atoms with E-state index >= 15 is 0 Å². The Morgan fingerprint density at radius 3 is 2.25 bits per heavy atom. The molecule has 114 valence electrons. The van der Waals surface area contributed by atoms with Crippen molar-refractivity contribution in [1.29, 1.82) is 0 Å². The van der Waals surface area contributed by atoms with Gasteiger partial charge in [-0.3, -0.25) is 4.79 Å². The standard InChI is InChI=1S/C22H14O2/c1-13(23)19-12-15-7-3-4-8-16(15)20-18-11-10-14-6-2-5-9-17(14)21(18)24-22(19)20/h2-12H,1H3. The molecule has 0 saturated carbocycles. The molecule has 0 N–H and O–H groups in total. The molecule has 2 heteroatoms. The van der Waals surface area contributed by atoms with Crippen molar-refractivity contribution in [3.63, 3.8) is 0 Å². The summed E-state index contributed by atoms with van der Waals surface area (Å²) in [5.41, 5.74) is 2.18. The molecule has 0 bridgehead atoms. The average Bonchev–Trinajstić information content (AvgIpc) is 3.01. The third-order valence-corrected chi connectivity index (χ3v) is 4.73. The molecule has 0 aliphatic rings. The van der Waals surface area contributed by atoms with Gasteiger partial charge in [0, 0.05) is 16.2 Å². The van der Waals surface area contributed by atoms with E-state index in [-0.39, 0.29) is 5.78 Å². The van der Waals surface area contributed by atoms with Crippen molar-refractivity contribution < 1.29 is 9.21 Å². The maximum atomic E-state index is 12.2. The Balaban J connectivity index is 2.13. The molecule has 0 fully saturated rings. The van der Waals surface area contributed by atoms with Crippen LogP contribution in [0, 0.1) is 0 Å². The van der Waals surface area contributed by atoms with E-state index in [0.717, 1.165) is 37.9 Å². The van der Waals surface area contributed by atoms with Gasteiger partial charge in [-0.15, -0.1) is 0 Å². The zero-order valence-electron chi connectivity index (χ0n) is 13.2. The highest BCUT2D eigenvalue weighted by Gasteiger charge is 2.18. The normalized spacial score (nSPS) is 11.7. The minimum absolute atomic E-state index is 0.0223. The topological polar surface area (TPSA) is 30.2 Å². The lowest BCUT2D eigenvalue weighted by molar-refractivity contribution is 0.101. The van der Waals surface area contributed by atoms with Crippen molar-refractivity contribution in [1.82, 2.24) is 0 Å². The Morgan fingerprint density at radius 1 is 0.750 bits per heavy atom. The number of hydrogen-bond donors (Lipinski definition) is 0. The summed E-state index contributed by atoms with van der Waals surface area (Å²) >= 11 is 0. The van der Waals surface area contributed by atoms with E-state index in [2.05, 4.69) is 30.3 Å². The van der Waals surface area contributed by atoms with Gasteiger partial charge in [0.05, 0.1) is 5.56 Å². The maximum absolute atomic E-state index is 12.2. The molecule has 0 atom stereocenters. The van der Waals surface area contributed by atoms with Gasteiger partial charge in [-0.2, -0.15) is 0 Å². The minimum atomic E-state index is 0.0223. The van der Waals surface area contributed by atoms with Crippen LogP contribution in [0.25, 0.3) is 43.5 Å². The molecule has 0 unspecified atom stereocenters. The van der Waals surface area contributed by atoms with E-state index in [4.69, 9.17) is 4.42 Å². The van der Waals surface area contributed by atoms with Crippen molar-refractivity contribution in [2.75, 3.05) is 0 Å². The molecule has 1 aromatic heterocycles. The average molecular weight is 310 g/mol. The van der Waals surface area contributed by atoms with Crippen LogP contribution in [0.4, 0.5) is 0 Å². The van der Waals surface area contributed by atoms with E-state index in [1.165, 1.54) is 0 Å². The molecule has 0 spiro atoms. The summed E-state index contributed by atoms with van der Waals surface area (Å²) < 4.78 is 6.25. The van der Waals surface area contributed by atoms with Gasteiger partial charge in [0.25, 0.3) is 0 Å². The second-order valence-electron chi connectivity index (χ2n) is 6.17. The Labute approximate surface area is 138 Å². The number of hydrogen-bond acceptors (Lipinski definition) is 2. The maximum Gasteiger partial charge on any atom is 0.163 e. The lowest BCUT2D eigenvalue weighted by atomic mass is 9.98. The smallest absolute Gasteiger partial charge is 0.163 e. The lowest BCUT2D eigenvalue weighted by Crippen LogP contribution is -1.92. The molecule has 5 rings (SSSR count). The van der Waals surface area contributed by atoms with Gasteiger partial charge < -0.3 is 4.42 Å². The SMILES string of the molecule is CC(=O)c1cc2ccccc2c2c1oc1c3ccccc3ccc12. The second kappa shape index (κ2) is 4.68. The Bertz CT molecular complexity index is 1280. The predicted molar refractivity (Wildman–Crippen MR) is 98.7 cm³/mol. The molecule has 4 aromatic carbocycles. The first-order chi connectivity index (χ1) is 11.7.